The lowest BCUT2D eigenvalue weighted by Crippen LogP contribution is -2.51. The third-order valence-corrected chi connectivity index (χ3v) is 2.03. The van der Waals surface area contributed by atoms with Gasteiger partial charge in [-0.3, -0.25) is 4.90 Å². The smallest absolute Gasteiger partial charge is 0.410 e. The van der Waals surface area contributed by atoms with E-state index in [2.05, 4.69) is 0 Å². The van der Waals surface area contributed by atoms with Crippen molar-refractivity contribution in [1.82, 2.24) is 4.90 Å². The van der Waals surface area contributed by atoms with Gasteiger partial charge in [-0.2, -0.15) is 0 Å². The molecule has 0 aliphatic carbocycles. The Morgan fingerprint density at radius 2 is 2.27 bits per heavy atom. The molecule has 0 spiro atoms. The number of ether oxygens (including phenoxy) is 2. The molecule has 0 N–H and O–H groups in total. The van der Waals surface area contributed by atoms with Gasteiger partial charge in [0.15, 0.2) is 0 Å². The average molecular weight is 219 g/mol. The average Bonchev–Trinajstić information content (AvgIpc) is 2.15. The van der Waals surface area contributed by atoms with Gasteiger partial charge in [-0.05, 0) is 20.8 Å². The minimum absolute atomic E-state index is 0.246. The number of alkyl halides is 1. The van der Waals surface area contributed by atoms with E-state index in [9.17, 15) is 9.18 Å². The summed E-state index contributed by atoms with van der Waals surface area (Å²) < 4.78 is 22.9. The lowest BCUT2D eigenvalue weighted by molar-refractivity contribution is -0.0371. The van der Waals surface area contributed by atoms with Crippen molar-refractivity contribution < 1.29 is 18.7 Å². The Morgan fingerprint density at radius 3 is 2.80 bits per heavy atom. The number of carbonyl (C=O) groups is 1. The molecule has 0 bridgehead atoms. The predicted octanol–water partition coefficient (Wildman–Crippen LogP) is 1.59. The van der Waals surface area contributed by atoms with E-state index >= 15 is 0 Å². The van der Waals surface area contributed by atoms with E-state index in [0.717, 1.165) is 0 Å². The lowest BCUT2D eigenvalue weighted by Gasteiger charge is -2.35. The van der Waals surface area contributed by atoms with E-state index in [0.29, 0.717) is 13.2 Å². The van der Waals surface area contributed by atoms with E-state index in [4.69, 9.17) is 9.47 Å². The highest BCUT2D eigenvalue weighted by Crippen LogP contribution is 2.14. The highest BCUT2D eigenvalue weighted by atomic mass is 19.1. The first-order valence-electron chi connectivity index (χ1n) is 5.07. The van der Waals surface area contributed by atoms with Crippen molar-refractivity contribution in [1.29, 1.82) is 0 Å². The summed E-state index contributed by atoms with van der Waals surface area (Å²) in [5.41, 5.74) is -0.545. The molecule has 1 amide bonds. The summed E-state index contributed by atoms with van der Waals surface area (Å²) in [5, 5.41) is 0. The summed E-state index contributed by atoms with van der Waals surface area (Å²) in [6.07, 6.45) is -0.464. The highest BCUT2D eigenvalue weighted by Gasteiger charge is 2.30. The molecule has 0 aromatic rings. The van der Waals surface area contributed by atoms with Crippen LogP contribution in [0.3, 0.4) is 0 Å². The van der Waals surface area contributed by atoms with Crippen LogP contribution in [0.25, 0.3) is 0 Å². The van der Waals surface area contributed by atoms with Crippen LogP contribution in [0.2, 0.25) is 0 Å². The molecule has 1 aliphatic rings. The minimum atomic E-state index is -0.598. The molecule has 1 atom stereocenters. The molecule has 1 unspecified atom stereocenters. The van der Waals surface area contributed by atoms with Crippen LogP contribution < -0.4 is 0 Å². The second-order valence-corrected chi connectivity index (χ2v) is 4.56. The molecule has 1 fully saturated rings. The molecule has 1 rings (SSSR count). The Labute approximate surface area is 89.3 Å². The Morgan fingerprint density at radius 1 is 1.60 bits per heavy atom. The number of morpholine rings is 1. The van der Waals surface area contributed by atoms with Crippen molar-refractivity contribution in [2.24, 2.45) is 0 Å². The maximum atomic E-state index is 12.6. The zero-order valence-corrected chi connectivity index (χ0v) is 9.46. The van der Waals surface area contributed by atoms with Crippen LogP contribution in [0, 0.1) is 0 Å². The molecule has 0 radical (unpaired) electrons. The van der Waals surface area contributed by atoms with Crippen LogP contribution in [0.1, 0.15) is 20.8 Å². The summed E-state index contributed by atoms with van der Waals surface area (Å²) >= 11 is 0. The van der Waals surface area contributed by atoms with Gasteiger partial charge in [-0.25, -0.2) is 9.18 Å². The van der Waals surface area contributed by atoms with Crippen molar-refractivity contribution in [2.45, 2.75) is 32.4 Å². The summed E-state index contributed by atoms with van der Waals surface area (Å²) in [7, 11) is 0. The fraction of sp³-hybridized carbons (Fsp3) is 0.900. The summed E-state index contributed by atoms with van der Waals surface area (Å²) in [4.78, 5) is 13.1. The predicted molar refractivity (Wildman–Crippen MR) is 53.5 cm³/mol. The van der Waals surface area contributed by atoms with Crippen molar-refractivity contribution in [3.63, 3.8) is 0 Å². The van der Waals surface area contributed by atoms with Gasteiger partial charge in [-0.15, -0.1) is 0 Å². The molecular formula is C10H18FNO3. The summed E-state index contributed by atoms with van der Waals surface area (Å²) in [6, 6.07) is -0.506. The second kappa shape index (κ2) is 4.79. The standard InChI is InChI=1S/C10H18FNO3/c1-10(2,3)15-9(13)12-4-5-14-7-8(12)6-11/h8H,4-7H2,1-3H3. The van der Waals surface area contributed by atoms with Crippen molar-refractivity contribution >= 4 is 6.09 Å². The number of hydrogen-bond donors (Lipinski definition) is 0. The first-order chi connectivity index (χ1) is 6.94. The second-order valence-electron chi connectivity index (χ2n) is 4.56. The molecule has 4 nitrogen and oxygen atoms in total. The van der Waals surface area contributed by atoms with Gasteiger partial charge in [0, 0.05) is 6.54 Å². The monoisotopic (exact) mass is 219 g/mol. The van der Waals surface area contributed by atoms with Gasteiger partial charge in [0.1, 0.15) is 12.3 Å². The van der Waals surface area contributed by atoms with Crippen LogP contribution in [0.4, 0.5) is 9.18 Å². The first-order valence-corrected chi connectivity index (χ1v) is 5.07. The number of carbonyl (C=O) groups excluding carboxylic acids is 1. The third kappa shape index (κ3) is 3.66. The quantitative estimate of drug-likeness (QED) is 0.672. The zero-order chi connectivity index (χ0) is 11.5. The van der Waals surface area contributed by atoms with Gasteiger partial charge in [-0.1, -0.05) is 0 Å². The molecule has 1 aliphatic heterocycles. The zero-order valence-electron chi connectivity index (χ0n) is 9.46. The molecule has 0 aromatic heterocycles. The Kier molecular flexibility index (Phi) is 3.90. The number of nitrogens with zero attached hydrogens (tertiary/aromatic N) is 1. The van der Waals surface area contributed by atoms with Crippen LogP contribution in [0.15, 0.2) is 0 Å². The van der Waals surface area contributed by atoms with Gasteiger partial charge >= 0.3 is 6.09 Å². The van der Waals surface area contributed by atoms with Crippen molar-refractivity contribution in [3.05, 3.63) is 0 Å². The molecular weight excluding hydrogens is 201 g/mol. The van der Waals surface area contributed by atoms with Crippen molar-refractivity contribution in [3.8, 4) is 0 Å². The van der Waals surface area contributed by atoms with E-state index < -0.39 is 24.4 Å². The fourth-order valence-electron chi connectivity index (χ4n) is 1.34. The van der Waals surface area contributed by atoms with Crippen LogP contribution >= 0.6 is 0 Å². The Hall–Kier alpha value is -0.840. The Bertz CT molecular complexity index is 227. The normalized spacial score (nSPS) is 22.7. The van der Waals surface area contributed by atoms with E-state index in [1.807, 2.05) is 0 Å². The van der Waals surface area contributed by atoms with Gasteiger partial charge in [0.25, 0.3) is 0 Å². The third-order valence-electron chi connectivity index (χ3n) is 2.03. The molecule has 0 aromatic carbocycles. The highest BCUT2D eigenvalue weighted by molar-refractivity contribution is 5.68. The maximum Gasteiger partial charge on any atom is 0.410 e. The molecule has 5 heteroatoms. The van der Waals surface area contributed by atoms with Gasteiger partial charge in [0.2, 0.25) is 0 Å². The van der Waals surface area contributed by atoms with Crippen LogP contribution in [-0.2, 0) is 9.47 Å². The van der Waals surface area contributed by atoms with Crippen LogP contribution in [0.5, 0.6) is 0 Å². The summed E-state index contributed by atoms with van der Waals surface area (Å²) in [5.74, 6) is 0. The van der Waals surface area contributed by atoms with Crippen LogP contribution in [-0.4, -0.2) is 49.1 Å². The molecule has 0 saturated carbocycles. The van der Waals surface area contributed by atoms with Gasteiger partial charge < -0.3 is 9.47 Å². The van der Waals surface area contributed by atoms with E-state index in [-0.39, 0.29) is 6.61 Å². The first kappa shape index (κ1) is 12.2. The number of hydrogen-bond acceptors (Lipinski definition) is 3. The lowest BCUT2D eigenvalue weighted by atomic mass is 10.2. The Balaban J connectivity index is 2.56. The SMILES string of the molecule is CC(C)(C)OC(=O)N1CCOCC1CF. The van der Waals surface area contributed by atoms with Gasteiger partial charge in [0.05, 0.1) is 19.3 Å². The molecule has 1 saturated heterocycles. The minimum Gasteiger partial charge on any atom is -0.444 e. The van der Waals surface area contributed by atoms with E-state index in [1.54, 1.807) is 20.8 Å². The number of rotatable bonds is 1. The number of amides is 1. The summed E-state index contributed by atoms with van der Waals surface area (Å²) in [6.45, 7) is 5.84. The topological polar surface area (TPSA) is 38.8 Å². The molecule has 1 heterocycles. The molecule has 88 valence electrons. The van der Waals surface area contributed by atoms with E-state index in [1.165, 1.54) is 4.90 Å². The molecule has 15 heavy (non-hydrogen) atoms. The van der Waals surface area contributed by atoms with Crippen molar-refractivity contribution in [2.75, 3.05) is 26.4 Å². The largest absolute Gasteiger partial charge is 0.444 e. The number of halogens is 1. The maximum absolute atomic E-state index is 12.6. The fourth-order valence-corrected chi connectivity index (χ4v) is 1.34.